The summed E-state index contributed by atoms with van der Waals surface area (Å²) in [5, 5.41) is 0. The number of carbonyl (C=O) groups excluding carboxylic acids is 2. The SMILES string of the molecule is CC(N)=CC(=O)OCCN1CCN(C(=O)c2ccco2)CC1. The van der Waals surface area contributed by atoms with Crippen molar-refractivity contribution >= 4 is 11.9 Å². The first kappa shape index (κ1) is 16.1. The Bertz CT molecular complexity index is 527. The predicted octanol–water partition coefficient (Wildman–Crippen LogP) is 0.443. The Labute approximate surface area is 129 Å². The van der Waals surface area contributed by atoms with Gasteiger partial charge in [-0.25, -0.2) is 4.79 Å². The molecule has 0 radical (unpaired) electrons. The fourth-order valence-corrected chi connectivity index (χ4v) is 2.23. The van der Waals surface area contributed by atoms with Gasteiger partial charge in [0, 0.05) is 44.5 Å². The molecule has 1 amide bonds. The number of carbonyl (C=O) groups is 2. The lowest BCUT2D eigenvalue weighted by Gasteiger charge is -2.34. The van der Waals surface area contributed by atoms with Crippen LogP contribution in [0.15, 0.2) is 34.6 Å². The molecule has 0 unspecified atom stereocenters. The molecule has 2 heterocycles. The molecular weight excluding hydrogens is 286 g/mol. The first-order valence-electron chi connectivity index (χ1n) is 7.22. The third-order valence-corrected chi connectivity index (χ3v) is 3.39. The molecule has 1 aromatic rings. The van der Waals surface area contributed by atoms with E-state index in [0.29, 0.717) is 37.7 Å². The summed E-state index contributed by atoms with van der Waals surface area (Å²) in [7, 11) is 0. The molecule has 0 aromatic carbocycles. The summed E-state index contributed by atoms with van der Waals surface area (Å²) in [6, 6.07) is 3.37. The largest absolute Gasteiger partial charge is 0.461 e. The Hall–Kier alpha value is -2.28. The third kappa shape index (κ3) is 4.63. The van der Waals surface area contributed by atoms with E-state index in [1.807, 2.05) is 0 Å². The highest BCUT2D eigenvalue weighted by Gasteiger charge is 2.23. The topological polar surface area (TPSA) is 89.0 Å². The predicted molar refractivity (Wildman–Crippen MR) is 80.0 cm³/mol. The average molecular weight is 307 g/mol. The van der Waals surface area contributed by atoms with Crippen molar-refractivity contribution in [3.8, 4) is 0 Å². The van der Waals surface area contributed by atoms with Crippen LogP contribution in [0, 0.1) is 0 Å². The van der Waals surface area contributed by atoms with E-state index >= 15 is 0 Å². The van der Waals surface area contributed by atoms with Crippen molar-refractivity contribution in [1.29, 1.82) is 0 Å². The maximum atomic E-state index is 12.1. The van der Waals surface area contributed by atoms with Crippen LogP contribution in [-0.4, -0.2) is 61.0 Å². The lowest BCUT2D eigenvalue weighted by Crippen LogP contribution is -2.49. The van der Waals surface area contributed by atoms with Gasteiger partial charge in [-0.3, -0.25) is 9.69 Å². The molecule has 7 heteroatoms. The molecule has 1 aliphatic rings. The molecule has 0 saturated carbocycles. The Balaban J connectivity index is 1.68. The smallest absolute Gasteiger partial charge is 0.332 e. The number of nitrogens with zero attached hydrogens (tertiary/aromatic N) is 2. The minimum absolute atomic E-state index is 0.0837. The van der Waals surface area contributed by atoms with Crippen molar-refractivity contribution in [3.63, 3.8) is 0 Å². The Morgan fingerprint density at radius 2 is 2.09 bits per heavy atom. The standard InChI is InChI=1S/C15H21N3O4/c1-12(16)11-14(19)22-10-8-17-4-6-18(7-5-17)15(20)13-3-2-9-21-13/h2-3,9,11H,4-8,10,16H2,1H3. The Morgan fingerprint density at radius 1 is 1.36 bits per heavy atom. The first-order valence-corrected chi connectivity index (χ1v) is 7.22. The maximum absolute atomic E-state index is 12.1. The molecule has 2 N–H and O–H groups in total. The fraction of sp³-hybridized carbons (Fsp3) is 0.467. The Kier molecular flexibility index (Phi) is 5.60. The number of rotatable bonds is 5. The number of amides is 1. The van der Waals surface area contributed by atoms with E-state index in [9.17, 15) is 9.59 Å². The number of hydrogen-bond donors (Lipinski definition) is 1. The number of allylic oxidation sites excluding steroid dienone is 1. The van der Waals surface area contributed by atoms with Crippen LogP contribution in [0.3, 0.4) is 0 Å². The van der Waals surface area contributed by atoms with E-state index in [2.05, 4.69) is 4.90 Å². The molecule has 1 aromatic heterocycles. The molecule has 0 bridgehead atoms. The molecule has 1 aliphatic heterocycles. The summed E-state index contributed by atoms with van der Waals surface area (Å²) in [6.07, 6.45) is 2.76. The van der Waals surface area contributed by atoms with Crippen LogP contribution < -0.4 is 5.73 Å². The summed E-state index contributed by atoms with van der Waals surface area (Å²) in [5.74, 6) is -0.141. The monoisotopic (exact) mass is 307 g/mol. The van der Waals surface area contributed by atoms with Gasteiger partial charge in [-0.2, -0.15) is 0 Å². The van der Waals surface area contributed by atoms with Crippen molar-refractivity contribution in [2.45, 2.75) is 6.92 Å². The number of hydrogen-bond acceptors (Lipinski definition) is 6. The van der Waals surface area contributed by atoms with E-state index in [0.717, 1.165) is 13.1 Å². The van der Waals surface area contributed by atoms with Gasteiger partial charge in [-0.05, 0) is 19.1 Å². The molecule has 0 spiro atoms. The van der Waals surface area contributed by atoms with Gasteiger partial charge in [0.15, 0.2) is 5.76 Å². The minimum atomic E-state index is -0.424. The van der Waals surface area contributed by atoms with Crippen molar-refractivity contribution in [3.05, 3.63) is 35.9 Å². The first-order chi connectivity index (χ1) is 10.6. The molecule has 7 nitrogen and oxygen atoms in total. The van der Waals surface area contributed by atoms with Gasteiger partial charge in [0.1, 0.15) is 6.61 Å². The average Bonchev–Trinajstić information content (AvgIpc) is 3.00. The molecule has 22 heavy (non-hydrogen) atoms. The van der Waals surface area contributed by atoms with Gasteiger partial charge in [0.05, 0.1) is 6.26 Å². The van der Waals surface area contributed by atoms with Gasteiger partial charge >= 0.3 is 5.97 Å². The van der Waals surface area contributed by atoms with E-state index in [1.54, 1.807) is 24.0 Å². The van der Waals surface area contributed by atoms with Crippen molar-refractivity contribution in [1.82, 2.24) is 9.80 Å². The van der Waals surface area contributed by atoms with Crippen LogP contribution in [-0.2, 0) is 9.53 Å². The van der Waals surface area contributed by atoms with Crippen LogP contribution in [0.4, 0.5) is 0 Å². The second kappa shape index (κ2) is 7.65. The highest BCUT2D eigenvalue weighted by Crippen LogP contribution is 2.09. The number of piperazine rings is 1. The zero-order chi connectivity index (χ0) is 15.9. The van der Waals surface area contributed by atoms with Crippen molar-refractivity contribution < 1.29 is 18.7 Å². The normalized spacial score (nSPS) is 16.6. The summed E-state index contributed by atoms with van der Waals surface area (Å²) in [4.78, 5) is 27.3. The van der Waals surface area contributed by atoms with Crippen LogP contribution in [0.2, 0.25) is 0 Å². The highest BCUT2D eigenvalue weighted by molar-refractivity contribution is 5.91. The molecule has 1 fully saturated rings. The summed E-state index contributed by atoms with van der Waals surface area (Å²) < 4.78 is 10.2. The van der Waals surface area contributed by atoms with E-state index in [1.165, 1.54) is 12.3 Å². The second-order valence-electron chi connectivity index (χ2n) is 5.17. The van der Waals surface area contributed by atoms with E-state index in [4.69, 9.17) is 14.9 Å². The van der Waals surface area contributed by atoms with Crippen molar-refractivity contribution in [2.75, 3.05) is 39.3 Å². The summed E-state index contributed by atoms with van der Waals surface area (Å²) >= 11 is 0. The van der Waals surface area contributed by atoms with Crippen LogP contribution in [0.25, 0.3) is 0 Å². The van der Waals surface area contributed by atoms with Gasteiger partial charge in [-0.15, -0.1) is 0 Å². The van der Waals surface area contributed by atoms with Crippen LogP contribution >= 0.6 is 0 Å². The van der Waals surface area contributed by atoms with E-state index in [-0.39, 0.29) is 5.91 Å². The number of ether oxygens (including phenoxy) is 1. The van der Waals surface area contributed by atoms with Crippen molar-refractivity contribution in [2.24, 2.45) is 5.73 Å². The molecule has 2 rings (SSSR count). The van der Waals surface area contributed by atoms with Crippen LogP contribution in [0.1, 0.15) is 17.5 Å². The van der Waals surface area contributed by atoms with Gasteiger partial charge < -0.3 is 19.8 Å². The summed E-state index contributed by atoms with van der Waals surface area (Å²) in [5.41, 5.74) is 5.82. The number of esters is 1. The molecule has 120 valence electrons. The number of nitrogens with two attached hydrogens (primary N) is 1. The lowest BCUT2D eigenvalue weighted by atomic mass is 10.3. The van der Waals surface area contributed by atoms with Crippen LogP contribution in [0.5, 0.6) is 0 Å². The zero-order valence-electron chi connectivity index (χ0n) is 12.7. The fourth-order valence-electron chi connectivity index (χ4n) is 2.23. The summed E-state index contributed by atoms with van der Waals surface area (Å²) in [6.45, 7) is 5.35. The molecule has 0 aliphatic carbocycles. The highest BCUT2D eigenvalue weighted by atomic mass is 16.5. The minimum Gasteiger partial charge on any atom is -0.461 e. The lowest BCUT2D eigenvalue weighted by molar-refractivity contribution is -0.138. The number of furan rings is 1. The Morgan fingerprint density at radius 3 is 2.68 bits per heavy atom. The van der Waals surface area contributed by atoms with E-state index < -0.39 is 5.97 Å². The molecule has 0 atom stereocenters. The van der Waals surface area contributed by atoms with Gasteiger partial charge in [0.25, 0.3) is 5.91 Å². The zero-order valence-corrected chi connectivity index (χ0v) is 12.7. The maximum Gasteiger partial charge on any atom is 0.332 e. The quantitative estimate of drug-likeness (QED) is 0.627. The molecular formula is C15H21N3O4. The van der Waals surface area contributed by atoms with Gasteiger partial charge in [-0.1, -0.05) is 0 Å². The second-order valence-corrected chi connectivity index (χ2v) is 5.17. The molecule has 1 saturated heterocycles. The van der Waals surface area contributed by atoms with Gasteiger partial charge in [0.2, 0.25) is 0 Å². The third-order valence-electron chi connectivity index (χ3n) is 3.39.